The van der Waals surface area contributed by atoms with Crippen LogP contribution in [0.4, 0.5) is 0 Å². The summed E-state index contributed by atoms with van der Waals surface area (Å²) in [6.45, 7) is 8.42. The average molecular weight is 306 g/mol. The van der Waals surface area contributed by atoms with Gasteiger partial charge in [-0.15, -0.1) is 11.3 Å². The molecular weight excluding hydrogens is 284 g/mol. The van der Waals surface area contributed by atoms with Crippen LogP contribution in [0.2, 0.25) is 0 Å². The summed E-state index contributed by atoms with van der Waals surface area (Å²) in [5, 5.41) is 1.91. The maximum absolute atomic E-state index is 12.5. The smallest absolute Gasteiger partial charge is 0.261 e. The topological polar surface area (TPSA) is 40.9 Å². The molecule has 0 radical (unpaired) electrons. The van der Waals surface area contributed by atoms with Gasteiger partial charge < -0.3 is 4.90 Å². The number of thiazole rings is 1. The Morgan fingerprint density at radius 2 is 2.24 bits per heavy atom. The molecule has 2 aromatic rings. The van der Waals surface area contributed by atoms with Crippen molar-refractivity contribution in [1.29, 1.82) is 0 Å². The van der Waals surface area contributed by atoms with Gasteiger partial charge in [0.05, 0.1) is 0 Å². The first-order valence-electron chi connectivity index (χ1n) is 7.44. The monoisotopic (exact) mass is 306 g/mol. The lowest BCUT2D eigenvalue weighted by Crippen LogP contribution is -2.51. The molecule has 1 fully saturated rings. The Kier molecular flexibility index (Phi) is 4.10. The van der Waals surface area contributed by atoms with E-state index < -0.39 is 0 Å². The third-order valence-corrected chi connectivity index (χ3v) is 5.14. The molecule has 1 unspecified atom stereocenters. The van der Waals surface area contributed by atoms with E-state index in [4.69, 9.17) is 0 Å². The number of hydrogen-bond acceptors (Lipinski definition) is 5. The van der Waals surface area contributed by atoms with Crippen LogP contribution < -0.4 is 5.56 Å². The minimum Gasteiger partial charge on any atom is -0.304 e. The van der Waals surface area contributed by atoms with Crippen LogP contribution in [0.25, 0.3) is 4.96 Å². The van der Waals surface area contributed by atoms with Crippen molar-refractivity contribution in [1.82, 2.24) is 19.2 Å². The molecule has 0 amide bonds. The molecular formula is C15H22N4OS. The second-order valence-corrected chi connectivity index (χ2v) is 6.81. The normalized spacial score (nSPS) is 21.2. The summed E-state index contributed by atoms with van der Waals surface area (Å²) >= 11 is 1.51. The Hall–Kier alpha value is -1.24. The summed E-state index contributed by atoms with van der Waals surface area (Å²) in [5.74, 6) is 0. The molecule has 1 aliphatic heterocycles. The second kappa shape index (κ2) is 5.87. The molecule has 114 valence electrons. The molecule has 0 bridgehead atoms. The highest BCUT2D eigenvalue weighted by atomic mass is 32.1. The summed E-state index contributed by atoms with van der Waals surface area (Å²) in [5.41, 5.74) is 1.83. The van der Waals surface area contributed by atoms with Crippen molar-refractivity contribution >= 4 is 16.3 Å². The quantitative estimate of drug-likeness (QED) is 0.855. The molecule has 0 aliphatic carbocycles. The number of likely N-dealkylation sites (N-methyl/N-ethyl adjacent to an activating group) is 1. The largest absolute Gasteiger partial charge is 0.304 e. The number of nitrogens with zero attached hydrogens (tertiary/aromatic N) is 4. The van der Waals surface area contributed by atoms with Gasteiger partial charge in [0.25, 0.3) is 5.56 Å². The Morgan fingerprint density at radius 3 is 3.00 bits per heavy atom. The molecule has 1 aliphatic rings. The number of fused-ring (bicyclic) bond motifs is 1. The second-order valence-electron chi connectivity index (χ2n) is 5.93. The SMILES string of the molecule is Cc1nc2sccn2c(=O)c1CCN1CCN(C)CC1C. The molecule has 0 N–H and O–H groups in total. The van der Waals surface area contributed by atoms with Crippen molar-refractivity contribution in [3.05, 3.63) is 33.2 Å². The molecule has 1 saturated heterocycles. The van der Waals surface area contributed by atoms with Gasteiger partial charge in [-0.05, 0) is 27.3 Å². The summed E-state index contributed by atoms with van der Waals surface area (Å²) < 4.78 is 1.67. The van der Waals surface area contributed by atoms with Crippen LogP contribution in [0, 0.1) is 6.92 Å². The van der Waals surface area contributed by atoms with Crippen LogP contribution in [0.5, 0.6) is 0 Å². The van der Waals surface area contributed by atoms with E-state index in [0.29, 0.717) is 6.04 Å². The van der Waals surface area contributed by atoms with Crippen LogP contribution in [0.1, 0.15) is 18.2 Å². The zero-order valence-corrected chi connectivity index (χ0v) is 13.7. The van der Waals surface area contributed by atoms with Gasteiger partial charge in [-0.3, -0.25) is 14.1 Å². The molecule has 0 aromatic carbocycles. The van der Waals surface area contributed by atoms with Gasteiger partial charge in [0.1, 0.15) is 0 Å². The van der Waals surface area contributed by atoms with E-state index in [0.717, 1.165) is 48.8 Å². The Bertz CT molecular complexity index is 693. The lowest BCUT2D eigenvalue weighted by atomic mass is 10.1. The van der Waals surface area contributed by atoms with Crippen LogP contribution in [0.3, 0.4) is 0 Å². The van der Waals surface area contributed by atoms with Gasteiger partial charge in [0.2, 0.25) is 0 Å². The zero-order valence-electron chi connectivity index (χ0n) is 12.9. The number of aryl methyl sites for hydroxylation is 1. The first-order valence-corrected chi connectivity index (χ1v) is 8.32. The highest BCUT2D eigenvalue weighted by molar-refractivity contribution is 7.15. The van der Waals surface area contributed by atoms with Crippen molar-refractivity contribution in [3.8, 4) is 0 Å². The summed E-state index contributed by atoms with van der Waals surface area (Å²) in [4.78, 5) is 22.7. The molecule has 0 saturated carbocycles. The molecule has 21 heavy (non-hydrogen) atoms. The maximum Gasteiger partial charge on any atom is 0.261 e. The van der Waals surface area contributed by atoms with Crippen LogP contribution >= 0.6 is 11.3 Å². The van der Waals surface area contributed by atoms with Crippen molar-refractivity contribution in [3.63, 3.8) is 0 Å². The Balaban J connectivity index is 1.77. The number of rotatable bonds is 3. The van der Waals surface area contributed by atoms with E-state index in [1.54, 1.807) is 4.40 Å². The lowest BCUT2D eigenvalue weighted by Gasteiger charge is -2.38. The van der Waals surface area contributed by atoms with Gasteiger partial charge in [-0.2, -0.15) is 0 Å². The highest BCUT2D eigenvalue weighted by Gasteiger charge is 2.21. The third kappa shape index (κ3) is 2.88. The Morgan fingerprint density at radius 1 is 1.43 bits per heavy atom. The van der Waals surface area contributed by atoms with Crippen molar-refractivity contribution in [2.45, 2.75) is 26.3 Å². The van der Waals surface area contributed by atoms with Gasteiger partial charge in [-0.25, -0.2) is 4.98 Å². The fourth-order valence-electron chi connectivity index (χ4n) is 3.07. The number of hydrogen-bond donors (Lipinski definition) is 0. The van der Waals surface area contributed by atoms with Crippen LogP contribution in [0.15, 0.2) is 16.4 Å². The average Bonchev–Trinajstić information content (AvgIpc) is 2.89. The van der Waals surface area contributed by atoms with Gasteiger partial charge in [0.15, 0.2) is 4.96 Å². The van der Waals surface area contributed by atoms with Gasteiger partial charge >= 0.3 is 0 Å². The first kappa shape index (κ1) is 14.7. The van der Waals surface area contributed by atoms with Gasteiger partial charge in [0, 0.05) is 55.1 Å². The van der Waals surface area contributed by atoms with Gasteiger partial charge in [-0.1, -0.05) is 0 Å². The predicted octanol–water partition coefficient (Wildman–Crippen LogP) is 1.24. The van der Waals surface area contributed by atoms with E-state index >= 15 is 0 Å². The van der Waals surface area contributed by atoms with E-state index in [1.807, 2.05) is 18.5 Å². The van der Waals surface area contributed by atoms with E-state index in [-0.39, 0.29) is 5.56 Å². The maximum atomic E-state index is 12.5. The fourth-order valence-corrected chi connectivity index (χ4v) is 3.82. The minimum absolute atomic E-state index is 0.0977. The molecule has 1 atom stereocenters. The fraction of sp³-hybridized carbons (Fsp3) is 0.600. The van der Waals surface area contributed by atoms with E-state index in [9.17, 15) is 4.79 Å². The number of aromatic nitrogens is 2. The van der Waals surface area contributed by atoms with E-state index in [2.05, 4.69) is 28.8 Å². The summed E-state index contributed by atoms with van der Waals surface area (Å²) in [6, 6.07) is 0.546. The van der Waals surface area contributed by atoms with Crippen molar-refractivity contribution in [2.75, 3.05) is 33.2 Å². The van der Waals surface area contributed by atoms with Crippen LogP contribution in [-0.2, 0) is 6.42 Å². The number of piperazine rings is 1. The van der Waals surface area contributed by atoms with Crippen molar-refractivity contribution < 1.29 is 0 Å². The minimum atomic E-state index is 0.0977. The lowest BCUT2D eigenvalue weighted by molar-refractivity contribution is 0.101. The molecule has 5 nitrogen and oxygen atoms in total. The standard InChI is InChI=1S/C15H22N4OS/c1-11-10-17(3)6-7-18(11)5-4-13-12(2)16-15-19(14(13)20)8-9-21-15/h8-9,11H,4-7,10H2,1-3H3. The highest BCUT2D eigenvalue weighted by Crippen LogP contribution is 2.12. The van der Waals surface area contributed by atoms with Crippen LogP contribution in [-0.4, -0.2) is 58.5 Å². The summed E-state index contributed by atoms with van der Waals surface area (Å²) in [6.07, 6.45) is 2.60. The van der Waals surface area contributed by atoms with Crippen molar-refractivity contribution in [2.24, 2.45) is 0 Å². The first-order chi connectivity index (χ1) is 10.1. The molecule has 3 heterocycles. The van der Waals surface area contributed by atoms with E-state index in [1.165, 1.54) is 11.3 Å². The zero-order chi connectivity index (χ0) is 15.0. The molecule has 6 heteroatoms. The molecule has 3 rings (SSSR count). The molecule has 0 spiro atoms. The third-order valence-electron chi connectivity index (χ3n) is 4.38. The predicted molar refractivity (Wildman–Crippen MR) is 86.3 cm³/mol. The summed E-state index contributed by atoms with van der Waals surface area (Å²) in [7, 11) is 2.17. The Labute approximate surface area is 128 Å². The molecule has 2 aromatic heterocycles.